The van der Waals surface area contributed by atoms with Gasteiger partial charge in [0.15, 0.2) is 0 Å². The molecule has 1 N–H and O–H groups in total. The van der Waals surface area contributed by atoms with Gasteiger partial charge in [0.05, 0.1) is 6.61 Å². The van der Waals surface area contributed by atoms with Crippen molar-refractivity contribution in [3.05, 3.63) is 34.9 Å². The maximum atomic E-state index is 8.75. The summed E-state index contributed by atoms with van der Waals surface area (Å²) in [6.45, 7) is 0.140. The molecule has 50 valence electrons. The van der Waals surface area contributed by atoms with Crippen molar-refractivity contribution in [3.63, 3.8) is 0 Å². The maximum absolute atomic E-state index is 8.75. The van der Waals surface area contributed by atoms with Gasteiger partial charge in [0.1, 0.15) is 0 Å². The van der Waals surface area contributed by atoms with Crippen LogP contribution in [-0.2, 0) is 6.61 Å². The van der Waals surface area contributed by atoms with E-state index in [2.05, 4.69) is 12.2 Å². The Labute approximate surface area is 59.6 Å². The average molecular weight is 132 g/mol. The zero-order valence-electron chi connectivity index (χ0n) is 5.54. The normalized spacial score (nSPS) is 12.5. The van der Waals surface area contributed by atoms with Crippen LogP contribution in [0, 0.1) is 0 Å². The van der Waals surface area contributed by atoms with Gasteiger partial charge in [0, 0.05) is 0 Å². The van der Waals surface area contributed by atoms with E-state index >= 15 is 0 Å². The Kier molecular flexibility index (Phi) is 1.11. The summed E-state index contributed by atoms with van der Waals surface area (Å²) in [7, 11) is 0. The third kappa shape index (κ3) is 0.677. The van der Waals surface area contributed by atoms with Gasteiger partial charge in [-0.3, -0.25) is 0 Å². The molecule has 1 aliphatic rings. The molecule has 0 radical (unpaired) electrons. The fraction of sp³-hybridized carbons (Fsp3) is 0.111. The minimum absolute atomic E-state index is 0.140. The summed E-state index contributed by atoms with van der Waals surface area (Å²) in [5.74, 6) is 0. The van der Waals surface area contributed by atoms with Crippen molar-refractivity contribution in [1.82, 2.24) is 0 Å². The summed E-state index contributed by atoms with van der Waals surface area (Å²) in [6.07, 6.45) is 4.12. The number of rotatable bonds is 1. The predicted octanol–water partition coefficient (Wildman–Crippen LogP) is 1.66. The van der Waals surface area contributed by atoms with Crippen LogP contribution in [0.1, 0.15) is 16.7 Å². The lowest BCUT2D eigenvalue weighted by atomic mass is 9.96. The van der Waals surface area contributed by atoms with Crippen molar-refractivity contribution in [2.75, 3.05) is 0 Å². The first-order valence-electron chi connectivity index (χ1n) is 3.32. The number of hydrogen-bond acceptors (Lipinski definition) is 1. The monoisotopic (exact) mass is 132 g/mol. The summed E-state index contributed by atoms with van der Waals surface area (Å²) < 4.78 is 0. The van der Waals surface area contributed by atoms with Gasteiger partial charge in [-0.25, -0.2) is 0 Å². The highest BCUT2D eigenvalue weighted by atomic mass is 16.3. The molecular formula is C9H8O. The van der Waals surface area contributed by atoms with Gasteiger partial charge in [-0.15, -0.1) is 0 Å². The molecule has 2 rings (SSSR count). The molecule has 0 spiro atoms. The number of aliphatic hydroxyl groups is 1. The van der Waals surface area contributed by atoms with Gasteiger partial charge in [0.2, 0.25) is 0 Å². The Morgan fingerprint density at radius 2 is 1.90 bits per heavy atom. The Morgan fingerprint density at radius 3 is 2.40 bits per heavy atom. The lowest BCUT2D eigenvalue weighted by Crippen LogP contribution is -1.91. The molecule has 10 heavy (non-hydrogen) atoms. The van der Waals surface area contributed by atoms with Crippen LogP contribution in [0.3, 0.4) is 0 Å². The molecule has 0 saturated carbocycles. The minimum atomic E-state index is 0.140. The van der Waals surface area contributed by atoms with E-state index in [1.807, 2.05) is 18.2 Å². The molecule has 0 fully saturated rings. The number of fused-ring (bicyclic) bond motifs is 1. The number of hydrogen-bond donors (Lipinski definition) is 1. The number of aliphatic hydroxyl groups excluding tert-OH is 1. The van der Waals surface area contributed by atoms with Crippen molar-refractivity contribution < 1.29 is 5.11 Å². The standard InChI is InChI=1S/C9H8O/c10-6-7-1-2-8-3-4-9(8)5-7/h1-5,10H,6H2. The van der Waals surface area contributed by atoms with Crippen molar-refractivity contribution in [1.29, 1.82) is 0 Å². The topological polar surface area (TPSA) is 20.2 Å². The lowest BCUT2D eigenvalue weighted by Gasteiger charge is -2.10. The summed E-state index contributed by atoms with van der Waals surface area (Å²) in [4.78, 5) is 0. The first kappa shape index (κ1) is 5.69. The maximum Gasteiger partial charge on any atom is 0.0682 e. The van der Waals surface area contributed by atoms with E-state index in [4.69, 9.17) is 5.11 Å². The highest BCUT2D eigenvalue weighted by molar-refractivity contribution is 5.85. The molecule has 1 nitrogen and oxygen atoms in total. The van der Waals surface area contributed by atoms with Crippen molar-refractivity contribution in [3.8, 4) is 0 Å². The second-order valence-electron chi connectivity index (χ2n) is 2.45. The highest BCUT2D eigenvalue weighted by Gasteiger charge is 2.04. The minimum Gasteiger partial charge on any atom is -0.392 e. The van der Waals surface area contributed by atoms with Crippen LogP contribution >= 0.6 is 0 Å². The fourth-order valence-corrected chi connectivity index (χ4v) is 1.10. The van der Waals surface area contributed by atoms with Crippen LogP contribution in [0.15, 0.2) is 18.2 Å². The van der Waals surface area contributed by atoms with E-state index in [9.17, 15) is 0 Å². The molecule has 0 amide bonds. The molecule has 0 aromatic heterocycles. The quantitative estimate of drug-likeness (QED) is 0.625. The largest absolute Gasteiger partial charge is 0.392 e. The molecular weight excluding hydrogens is 124 g/mol. The molecule has 1 aromatic carbocycles. The van der Waals surface area contributed by atoms with E-state index < -0.39 is 0 Å². The summed E-state index contributed by atoms with van der Waals surface area (Å²) in [6, 6.07) is 5.98. The molecule has 0 unspecified atom stereocenters. The van der Waals surface area contributed by atoms with Crippen molar-refractivity contribution in [2.45, 2.75) is 6.61 Å². The summed E-state index contributed by atoms with van der Waals surface area (Å²) in [5, 5.41) is 8.75. The second kappa shape index (κ2) is 1.96. The first-order valence-corrected chi connectivity index (χ1v) is 3.32. The molecule has 1 aromatic rings. The van der Waals surface area contributed by atoms with Gasteiger partial charge in [0.25, 0.3) is 0 Å². The van der Waals surface area contributed by atoms with Crippen LogP contribution in [0.4, 0.5) is 0 Å². The molecule has 0 heterocycles. The Morgan fingerprint density at radius 1 is 1.10 bits per heavy atom. The third-order valence-electron chi connectivity index (χ3n) is 1.78. The number of benzene rings is 1. The SMILES string of the molecule is OCc1ccc2c(c1)C=C2. The van der Waals surface area contributed by atoms with E-state index in [1.165, 1.54) is 11.1 Å². The van der Waals surface area contributed by atoms with Gasteiger partial charge in [-0.1, -0.05) is 24.3 Å². The van der Waals surface area contributed by atoms with E-state index in [-0.39, 0.29) is 6.61 Å². The highest BCUT2D eigenvalue weighted by Crippen LogP contribution is 2.23. The molecule has 1 aliphatic carbocycles. The Balaban J connectivity index is 2.46. The van der Waals surface area contributed by atoms with E-state index in [1.54, 1.807) is 0 Å². The molecule has 0 atom stereocenters. The van der Waals surface area contributed by atoms with Gasteiger partial charge < -0.3 is 5.11 Å². The van der Waals surface area contributed by atoms with E-state index in [0.29, 0.717) is 0 Å². The fourth-order valence-electron chi connectivity index (χ4n) is 1.10. The lowest BCUT2D eigenvalue weighted by molar-refractivity contribution is 0.282. The molecule has 1 heteroatoms. The molecule has 0 saturated heterocycles. The van der Waals surface area contributed by atoms with Gasteiger partial charge in [-0.05, 0) is 22.8 Å². The zero-order chi connectivity index (χ0) is 6.97. The van der Waals surface area contributed by atoms with Crippen LogP contribution in [0.2, 0.25) is 0 Å². The van der Waals surface area contributed by atoms with Crippen LogP contribution in [-0.4, -0.2) is 5.11 Å². The van der Waals surface area contributed by atoms with Crippen LogP contribution in [0.25, 0.3) is 12.2 Å². The smallest absolute Gasteiger partial charge is 0.0682 e. The molecule has 0 aliphatic heterocycles. The van der Waals surface area contributed by atoms with Crippen molar-refractivity contribution in [2.24, 2.45) is 0 Å². The molecule has 0 bridgehead atoms. The van der Waals surface area contributed by atoms with Crippen LogP contribution < -0.4 is 0 Å². The third-order valence-corrected chi connectivity index (χ3v) is 1.78. The van der Waals surface area contributed by atoms with Gasteiger partial charge in [-0.2, -0.15) is 0 Å². The predicted molar refractivity (Wildman–Crippen MR) is 41.3 cm³/mol. The van der Waals surface area contributed by atoms with Crippen LogP contribution in [0.5, 0.6) is 0 Å². The first-order chi connectivity index (χ1) is 4.90. The second-order valence-corrected chi connectivity index (χ2v) is 2.45. The Hall–Kier alpha value is -1.08. The average Bonchev–Trinajstić information content (AvgIpc) is 1.92. The summed E-state index contributed by atoms with van der Waals surface area (Å²) >= 11 is 0. The Bertz CT molecular complexity index is 287. The summed E-state index contributed by atoms with van der Waals surface area (Å²) in [5.41, 5.74) is 3.51. The van der Waals surface area contributed by atoms with Gasteiger partial charge >= 0.3 is 0 Å². The zero-order valence-corrected chi connectivity index (χ0v) is 5.54. The van der Waals surface area contributed by atoms with E-state index in [0.717, 1.165) is 5.56 Å². The van der Waals surface area contributed by atoms with Crippen molar-refractivity contribution >= 4 is 12.2 Å².